The van der Waals surface area contributed by atoms with Crippen molar-refractivity contribution in [1.29, 1.82) is 0 Å². The number of benzene rings is 1. The molecule has 1 aliphatic rings. The zero-order valence-electron chi connectivity index (χ0n) is 14.5. The van der Waals surface area contributed by atoms with E-state index in [1.165, 1.54) is 0 Å². The summed E-state index contributed by atoms with van der Waals surface area (Å²) in [4.78, 5) is 16.3. The fourth-order valence-corrected chi connectivity index (χ4v) is 2.57. The molecular weight excluding hydrogens is 330 g/mol. The van der Waals surface area contributed by atoms with E-state index in [2.05, 4.69) is 26.4 Å². The highest BCUT2D eigenvalue weighted by Crippen LogP contribution is 2.37. The van der Waals surface area contributed by atoms with Crippen molar-refractivity contribution in [3.63, 3.8) is 0 Å². The van der Waals surface area contributed by atoms with Gasteiger partial charge >= 0.3 is 0 Å². The average Bonchev–Trinajstić information content (AvgIpc) is 3.24. The maximum atomic E-state index is 12.3. The molecule has 1 aromatic heterocycles. The lowest BCUT2D eigenvalue weighted by Gasteiger charge is -2.13. The Kier molecular flexibility index (Phi) is 5.64. The number of carbonyl (C=O) groups is 1. The summed E-state index contributed by atoms with van der Waals surface area (Å²) >= 11 is 0. The van der Waals surface area contributed by atoms with E-state index >= 15 is 0 Å². The first-order chi connectivity index (χ1) is 12.7. The standard InChI is InChI=1S/C19H21N5O2/c1-2-3-9-19(22-23-19)10-8-18(25)21-16-6-4-5-7-17(16)26-14-13-24-12-11-20-15-24/h1,4-7,11-12,15H,3,8-10,13-14H2,(H,21,25). The van der Waals surface area contributed by atoms with Gasteiger partial charge in [-0.05, 0) is 12.1 Å². The Balaban J connectivity index is 1.48. The number of hydrogen-bond donors (Lipinski definition) is 1. The molecule has 134 valence electrons. The predicted octanol–water partition coefficient (Wildman–Crippen LogP) is 3.26. The third-order valence-corrected chi connectivity index (χ3v) is 4.13. The second-order valence-corrected chi connectivity index (χ2v) is 6.08. The molecule has 0 radical (unpaired) electrons. The molecular formula is C19H21N5O2. The van der Waals surface area contributed by atoms with E-state index in [0.717, 1.165) is 0 Å². The lowest BCUT2D eigenvalue weighted by atomic mass is 10.0. The van der Waals surface area contributed by atoms with E-state index in [1.807, 2.05) is 35.0 Å². The maximum Gasteiger partial charge on any atom is 0.224 e. The van der Waals surface area contributed by atoms with Crippen LogP contribution in [0.5, 0.6) is 5.75 Å². The number of anilines is 1. The molecule has 0 fully saturated rings. The fourth-order valence-electron chi connectivity index (χ4n) is 2.57. The van der Waals surface area contributed by atoms with Gasteiger partial charge in [-0.15, -0.1) is 12.3 Å². The number of terminal acetylenes is 1. The first-order valence-corrected chi connectivity index (χ1v) is 8.56. The van der Waals surface area contributed by atoms with Crippen molar-refractivity contribution < 1.29 is 9.53 Å². The number of imidazole rings is 1. The molecule has 0 spiro atoms. The van der Waals surface area contributed by atoms with Crippen molar-refractivity contribution in [3.05, 3.63) is 43.0 Å². The minimum absolute atomic E-state index is 0.0898. The van der Waals surface area contributed by atoms with Crippen LogP contribution in [0.2, 0.25) is 0 Å². The maximum absolute atomic E-state index is 12.3. The SMILES string of the molecule is C#CCCC1(CCC(=O)Nc2ccccc2OCCn2ccnc2)N=N1. The van der Waals surface area contributed by atoms with E-state index in [1.54, 1.807) is 12.5 Å². The van der Waals surface area contributed by atoms with E-state index in [0.29, 0.717) is 50.3 Å². The molecule has 2 aromatic rings. The van der Waals surface area contributed by atoms with Crippen LogP contribution in [0.1, 0.15) is 25.7 Å². The quantitative estimate of drug-likeness (QED) is 0.667. The third kappa shape index (κ3) is 4.93. The zero-order valence-corrected chi connectivity index (χ0v) is 14.5. The van der Waals surface area contributed by atoms with Crippen molar-refractivity contribution >= 4 is 11.6 Å². The van der Waals surface area contributed by atoms with Crippen LogP contribution in [-0.2, 0) is 11.3 Å². The molecule has 1 N–H and O–H groups in total. The van der Waals surface area contributed by atoms with Crippen LogP contribution in [0.3, 0.4) is 0 Å². The van der Waals surface area contributed by atoms with Gasteiger partial charge < -0.3 is 14.6 Å². The number of nitrogens with one attached hydrogen (secondary N) is 1. The van der Waals surface area contributed by atoms with E-state index in [4.69, 9.17) is 11.2 Å². The highest BCUT2D eigenvalue weighted by molar-refractivity contribution is 5.92. The van der Waals surface area contributed by atoms with E-state index in [9.17, 15) is 4.79 Å². The molecule has 0 unspecified atom stereocenters. The monoisotopic (exact) mass is 351 g/mol. The van der Waals surface area contributed by atoms with Crippen LogP contribution in [-0.4, -0.2) is 27.7 Å². The Bertz CT molecular complexity index is 802. The summed E-state index contributed by atoms with van der Waals surface area (Å²) in [6.07, 6.45) is 12.8. The second-order valence-electron chi connectivity index (χ2n) is 6.08. The number of ether oxygens (including phenoxy) is 1. The van der Waals surface area contributed by atoms with Crippen LogP contribution in [0.15, 0.2) is 53.2 Å². The molecule has 1 amide bonds. The van der Waals surface area contributed by atoms with Crippen molar-refractivity contribution in [3.8, 4) is 18.1 Å². The van der Waals surface area contributed by atoms with Crippen LogP contribution in [0.4, 0.5) is 5.69 Å². The van der Waals surface area contributed by atoms with Crippen molar-refractivity contribution in [2.45, 2.75) is 37.9 Å². The highest BCUT2D eigenvalue weighted by atomic mass is 16.5. The summed E-state index contributed by atoms with van der Waals surface area (Å²) in [6.45, 7) is 1.17. The fraction of sp³-hybridized carbons (Fsp3) is 0.368. The average molecular weight is 351 g/mol. The summed E-state index contributed by atoms with van der Waals surface area (Å²) < 4.78 is 7.73. The molecule has 1 aromatic carbocycles. The third-order valence-electron chi connectivity index (χ3n) is 4.13. The molecule has 0 saturated carbocycles. The van der Waals surface area contributed by atoms with Crippen LogP contribution >= 0.6 is 0 Å². The van der Waals surface area contributed by atoms with Gasteiger partial charge in [-0.1, -0.05) is 12.1 Å². The summed E-state index contributed by atoms with van der Waals surface area (Å²) in [5.74, 6) is 3.14. The minimum Gasteiger partial charge on any atom is -0.490 e. The molecule has 2 heterocycles. The van der Waals surface area contributed by atoms with Gasteiger partial charge in [0, 0.05) is 38.1 Å². The summed E-state index contributed by atoms with van der Waals surface area (Å²) in [5, 5.41) is 11.0. The van der Waals surface area contributed by atoms with Crippen molar-refractivity contribution in [2.24, 2.45) is 10.2 Å². The molecule has 3 rings (SSSR count). The van der Waals surface area contributed by atoms with Crippen LogP contribution in [0.25, 0.3) is 0 Å². The zero-order chi connectivity index (χ0) is 18.2. The van der Waals surface area contributed by atoms with Gasteiger partial charge in [0.05, 0.1) is 18.6 Å². The van der Waals surface area contributed by atoms with Crippen molar-refractivity contribution in [1.82, 2.24) is 9.55 Å². The molecule has 26 heavy (non-hydrogen) atoms. The summed E-state index contributed by atoms with van der Waals surface area (Å²) in [7, 11) is 0. The number of hydrogen-bond acceptors (Lipinski definition) is 5. The van der Waals surface area contributed by atoms with Gasteiger partial charge in [0.2, 0.25) is 5.91 Å². The normalized spacial score (nSPS) is 13.8. The molecule has 0 saturated heterocycles. The first-order valence-electron chi connectivity index (χ1n) is 8.56. The highest BCUT2D eigenvalue weighted by Gasteiger charge is 2.39. The number of carbonyl (C=O) groups excluding carboxylic acids is 1. The Morgan fingerprint density at radius 2 is 2.15 bits per heavy atom. The van der Waals surface area contributed by atoms with Crippen molar-refractivity contribution in [2.75, 3.05) is 11.9 Å². The van der Waals surface area contributed by atoms with Gasteiger partial charge in [-0.2, -0.15) is 10.2 Å². The molecule has 0 bridgehead atoms. The van der Waals surface area contributed by atoms with Gasteiger partial charge in [-0.3, -0.25) is 4.79 Å². The molecule has 1 aliphatic heterocycles. The largest absolute Gasteiger partial charge is 0.490 e. The number of rotatable bonds is 10. The van der Waals surface area contributed by atoms with Gasteiger partial charge in [0.25, 0.3) is 0 Å². The second kappa shape index (κ2) is 8.30. The summed E-state index contributed by atoms with van der Waals surface area (Å²) in [6, 6.07) is 7.39. The molecule has 0 atom stereocenters. The minimum atomic E-state index is -0.440. The Morgan fingerprint density at radius 1 is 1.31 bits per heavy atom. The smallest absolute Gasteiger partial charge is 0.224 e. The van der Waals surface area contributed by atoms with Gasteiger partial charge in [0.1, 0.15) is 12.4 Å². The lowest BCUT2D eigenvalue weighted by molar-refractivity contribution is -0.116. The topological polar surface area (TPSA) is 80.9 Å². The number of aromatic nitrogens is 2. The van der Waals surface area contributed by atoms with Gasteiger partial charge in [0.15, 0.2) is 5.66 Å². The molecule has 7 nitrogen and oxygen atoms in total. The predicted molar refractivity (Wildman–Crippen MR) is 97.7 cm³/mol. The molecule has 0 aliphatic carbocycles. The van der Waals surface area contributed by atoms with Gasteiger partial charge in [-0.25, -0.2) is 4.98 Å². The van der Waals surface area contributed by atoms with E-state index < -0.39 is 5.66 Å². The number of amides is 1. The first kappa shape index (κ1) is 17.7. The number of para-hydroxylation sites is 2. The van der Waals surface area contributed by atoms with Crippen LogP contribution < -0.4 is 10.1 Å². The molecule has 7 heteroatoms. The Morgan fingerprint density at radius 3 is 2.88 bits per heavy atom. The van der Waals surface area contributed by atoms with E-state index in [-0.39, 0.29) is 5.91 Å². The Hall–Kier alpha value is -3.14. The van der Waals surface area contributed by atoms with Crippen LogP contribution in [0, 0.1) is 12.3 Å². The lowest BCUT2D eigenvalue weighted by Crippen LogP contribution is -2.18. The summed E-state index contributed by atoms with van der Waals surface area (Å²) in [5.41, 5.74) is 0.218. The number of nitrogens with zero attached hydrogens (tertiary/aromatic N) is 4. The Labute approximate surface area is 152 Å².